The maximum absolute atomic E-state index is 10.9. The summed E-state index contributed by atoms with van der Waals surface area (Å²) in [6.07, 6.45) is 3.88. The van der Waals surface area contributed by atoms with Crippen molar-refractivity contribution in [3.63, 3.8) is 0 Å². The van der Waals surface area contributed by atoms with Gasteiger partial charge < -0.3 is 9.47 Å². The van der Waals surface area contributed by atoms with Crippen LogP contribution in [0.15, 0.2) is 78.4 Å². The lowest BCUT2D eigenvalue weighted by Gasteiger charge is -2.17. The molecule has 0 aliphatic rings. The number of hydrogen-bond acceptors (Lipinski definition) is 8. The predicted molar refractivity (Wildman–Crippen MR) is 133 cm³/mol. The molecule has 0 radical (unpaired) electrons. The average Bonchev–Trinajstić information content (AvgIpc) is 2.84. The summed E-state index contributed by atoms with van der Waals surface area (Å²) in [5.74, 6) is 1.09. The number of benzene rings is 3. The third-order valence-electron chi connectivity index (χ3n) is 4.83. The van der Waals surface area contributed by atoms with Gasteiger partial charge in [0.15, 0.2) is 11.5 Å². The quantitative estimate of drug-likeness (QED) is 0.155. The standard InChI is InChI=1S/C25H24N4O6/c1-3-5-20-14-19(16-26-27-21-8-12-23(13-9-21)29(32)33)15-24(34-4-2)25(20)35-17-18-6-10-22(11-7-18)28(30)31/h3,6-16,27H,1,4-5,17H2,2H3/b26-16+. The van der Waals surface area contributed by atoms with E-state index >= 15 is 0 Å². The van der Waals surface area contributed by atoms with Crippen molar-refractivity contribution >= 4 is 23.3 Å². The molecule has 0 bridgehead atoms. The van der Waals surface area contributed by atoms with Gasteiger partial charge in [-0.25, -0.2) is 0 Å². The molecule has 0 unspecified atom stereocenters. The number of rotatable bonds is 12. The van der Waals surface area contributed by atoms with Crippen molar-refractivity contribution in [3.05, 3.63) is 110 Å². The molecule has 0 saturated heterocycles. The van der Waals surface area contributed by atoms with E-state index in [-0.39, 0.29) is 18.0 Å². The highest BCUT2D eigenvalue weighted by molar-refractivity contribution is 5.82. The van der Waals surface area contributed by atoms with Crippen LogP contribution in [0.4, 0.5) is 17.1 Å². The van der Waals surface area contributed by atoms with E-state index in [2.05, 4.69) is 17.1 Å². The van der Waals surface area contributed by atoms with Crippen molar-refractivity contribution in [2.75, 3.05) is 12.0 Å². The Kier molecular flexibility index (Phi) is 8.49. The van der Waals surface area contributed by atoms with Crippen LogP contribution in [0, 0.1) is 20.2 Å². The Morgan fingerprint density at radius 1 is 0.971 bits per heavy atom. The lowest BCUT2D eigenvalue weighted by molar-refractivity contribution is -0.385. The number of nitro benzene ring substituents is 2. The minimum atomic E-state index is -0.464. The first-order chi connectivity index (χ1) is 16.9. The summed E-state index contributed by atoms with van der Waals surface area (Å²) < 4.78 is 11.9. The molecule has 0 amide bonds. The van der Waals surface area contributed by atoms with Crippen molar-refractivity contribution in [1.29, 1.82) is 0 Å². The van der Waals surface area contributed by atoms with Gasteiger partial charge >= 0.3 is 0 Å². The van der Waals surface area contributed by atoms with Crippen LogP contribution in [-0.4, -0.2) is 22.7 Å². The SMILES string of the molecule is C=CCc1cc(/C=N/Nc2ccc([N+](=O)[O-])cc2)cc(OCC)c1OCc1ccc([N+](=O)[O-])cc1. The van der Waals surface area contributed by atoms with E-state index in [0.717, 1.165) is 16.7 Å². The number of allylic oxidation sites excluding steroid dienone is 1. The fraction of sp³-hybridized carbons (Fsp3) is 0.160. The number of nitrogens with zero attached hydrogens (tertiary/aromatic N) is 3. The van der Waals surface area contributed by atoms with Gasteiger partial charge in [-0.2, -0.15) is 5.10 Å². The second-order valence-corrected chi connectivity index (χ2v) is 7.32. The van der Waals surface area contributed by atoms with Gasteiger partial charge in [0.25, 0.3) is 11.4 Å². The Bertz CT molecular complexity index is 1220. The van der Waals surface area contributed by atoms with Crippen molar-refractivity contribution in [3.8, 4) is 11.5 Å². The van der Waals surface area contributed by atoms with E-state index < -0.39 is 9.85 Å². The van der Waals surface area contributed by atoms with Crippen LogP contribution in [0.25, 0.3) is 0 Å². The third-order valence-corrected chi connectivity index (χ3v) is 4.83. The lowest BCUT2D eigenvalue weighted by atomic mass is 10.1. The van der Waals surface area contributed by atoms with Crippen molar-refractivity contribution in [1.82, 2.24) is 0 Å². The summed E-state index contributed by atoms with van der Waals surface area (Å²) in [4.78, 5) is 20.7. The highest BCUT2D eigenvalue weighted by Gasteiger charge is 2.14. The van der Waals surface area contributed by atoms with Crippen molar-refractivity contribution in [2.24, 2.45) is 5.10 Å². The highest BCUT2D eigenvalue weighted by atomic mass is 16.6. The Balaban J connectivity index is 1.79. The number of hydrogen-bond donors (Lipinski definition) is 1. The topological polar surface area (TPSA) is 129 Å². The second-order valence-electron chi connectivity index (χ2n) is 7.32. The first kappa shape index (κ1) is 24.9. The monoisotopic (exact) mass is 476 g/mol. The normalized spacial score (nSPS) is 10.7. The molecule has 3 aromatic carbocycles. The maximum Gasteiger partial charge on any atom is 0.269 e. The van der Waals surface area contributed by atoms with Crippen LogP contribution in [0.3, 0.4) is 0 Å². The van der Waals surface area contributed by atoms with Crippen LogP contribution in [0.1, 0.15) is 23.6 Å². The molecule has 0 aliphatic heterocycles. The van der Waals surface area contributed by atoms with Crippen LogP contribution in [-0.2, 0) is 13.0 Å². The molecular formula is C25H24N4O6. The lowest BCUT2D eigenvalue weighted by Crippen LogP contribution is -2.04. The number of non-ortho nitro benzene ring substituents is 2. The molecule has 35 heavy (non-hydrogen) atoms. The second kappa shape index (κ2) is 11.9. The minimum absolute atomic E-state index is 0.000678. The number of ether oxygens (including phenoxy) is 2. The number of hydrazone groups is 1. The van der Waals surface area contributed by atoms with Crippen LogP contribution in [0.2, 0.25) is 0 Å². The number of nitrogens with one attached hydrogen (secondary N) is 1. The summed E-state index contributed by atoms with van der Waals surface area (Å²) >= 11 is 0. The molecule has 0 aliphatic carbocycles. The Morgan fingerprint density at radius 2 is 1.60 bits per heavy atom. The van der Waals surface area contributed by atoms with Gasteiger partial charge in [0, 0.05) is 29.8 Å². The van der Waals surface area contributed by atoms with E-state index in [9.17, 15) is 20.2 Å². The Hall–Kier alpha value is -4.73. The predicted octanol–water partition coefficient (Wildman–Crippen LogP) is 5.66. The van der Waals surface area contributed by atoms with E-state index in [4.69, 9.17) is 9.47 Å². The summed E-state index contributed by atoms with van der Waals surface area (Å²) in [6.45, 7) is 6.30. The van der Waals surface area contributed by atoms with Gasteiger partial charge in [-0.3, -0.25) is 25.7 Å². The largest absolute Gasteiger partial charge is 0.490 e. The average molecular weight is 476 g/mol. The number of anilines is 1. The molecule has 10 nitrogen and oxygen atoms in total. The van der Waals surface area contributed by atoms with Gasteiger partial charge in [0.1, 0.15) is 6.61 Å². The summed E-state index contributed by atoms with van der Waals surface area (Å²) in [7, 11) is 0. The molecule has 3 rings (SSSR count). The van der Waals surface area contributed by atoms with Gasteiger partial charge in [-0.05, 0) is 60.9 Å². The molecule has 180 valence electrons. The first-order valence-electron chi connectivity index (χ1n) is 10.7. The molecule has 0 saturated carbocycles. The van der Waals surface area contributed by atoms with Crippen LogP contribution >= 0.6 is 0 Å². The number of nitro groups is 2. The third kappa shape index (κ3) is 6.87. The van der Waals surface area contributed by atoms with E-state index in [1.165, 1.54) is 24.3 Å². The molecule has 0 atom stereocenters. The molecule has 0 fully saturated rings. The van der Waals surface area contributed by atoms with E-state index in [1.807, 2.05) is 13.0 Å². The zero-order valence-corrected chi connectivity index (χ0v) is 19.0. The fourth-order valence-electron chi connectivity index (χ4n) is 3.20. The van der Waals surface area contributed by atoms with Crippen molar-refractivity contribution in [2.45, 2.75) is 20.0 Å². The zero-order valence-electron chi connectivity index (χ0n) is 19.0. The van der Waals surface area contributed by atoms with Crippen LogP contribution in [0.5, 0.6) is 11.5 Å². The molecule has 0 aromatic heterocycles. The van der Waals surface area contributed by atoms with Crippen LogP contribution < -0.4 is 14.9 Å². The first-order valence-corrected chi connectivity index (χ1v) is 10.7. The molecule has 0 heterocycles. The summed E-state index contributed by atoms with van der Waals surface area (Å²) in [6, 6.07) is 15.8. The minimum Gasteiger partial charge on any atom is -0.490 e. The van der Waals surface area contributed by atoms with E-state index in [1.54, 1.807) is 42.6 Å². The molecule has 0 spiro atoms. The van der Waals surface area contributed by atoms with Gasteiger partial charge in [0.05, 0.1) is 28.4 Å². The Labute approximate surface area is 201 Å². The van der Waals surface area contributed by atoms with Gasteiger partial charge in [-0.1, -0.05) is 6.08 Å². The van der Waals surface area contributed by atoms with Gasteiger partial charge in [0.2, 0.25) is 0 Å². The molecular weight excluding hydrogens is 452 g/mol. The molecule has 3 aromatic rings. The maximum atomic E-state index is 10.9. The Morgan fingerprint density at radius 3 is 2.17 bits per heavy atom. The van der Waals surface area contributed by atoms with E-state index in [0.29, 0.717) is 30.2 Å². The summed E-state index contributed by atoms with van der Waals surface area (Å²) in [5, 5.41) is 25.8. The smallest absolute Gasteiger partial charge is 0.269 e. The highest BCUT2D eigenvalue weighted by Crippen LogP contribution is 2.34. The molecule has 1 N–H and O–H groups in total. The molecule has 10 heteroatoms. The fourth-order valence-corrected chi connectivity index (χ4v) is 3.20. The summed E-state index contributed by atoms with van der Waals surface area (Å²) in [5.41, 5.74) is 5.83. The van der Waals surface area contributed by atoms with Crippen molar-refractivity contribution < 1.29 is 19.3 Å². The van der Waals surface area contributed by atoms with Gasteiger partial charge in [-0.15, -0.1) is 6.58 Å². The zero-order chi connectivity index (χ0) is 25.2.